The van der Waals surface area contributed by atoms with E-state index < -0.39 is 0 Å². The van der Waals surface area contributed by atoms with E-state index in [1.165, 1.54) is 7.11 Å². The second kappa shape index (κ2) is 7.69. The van der Waals surface area contributed by atoms with E-state index in [4.69, 9.17) is 27.4 Å². The SMILES string of the molecule is CCCN(CC(N)=S)C(=O)c1ccc(OC)c(OC)c1. The summed E-state index contributed by atoms with van der Waals surface area (Å²) in [5.74, 6) is 0.978. The fourth-order valence-corrected chi connectivity index (χ4v) is 2.02. The molecule has 0 heterocycles. The van der Waals surface area contributed by atoms with Crippen LogP contribution in [0.1, 0.15) is 23.7 Å². The monoisotopic (exact) mass is 296 g/mol. The Morgan fingerprint density at radius 2 is 1.95 bits per heavy atom. The molecule has 0 saturated carbocycles. The number of rotatable bonds is 7. The molecule has 110 valence electrons. The van der Waals surface area contributed by atoms with Crippen molar-refractivity contribution in [1.82, 2.24) is 4.90 Å². The van der Waals surface area contributed by atoms with Crippen molar-refractivity contribution in [2.45, 2.75) is 13.3 Å². The van der Waals surface area contributed by atoms with Gasteiger partial charge in [-0.15, -0.1) is 0 Å². The van der Waals surface area contributed by atoms with Crippen molar-refractivity contribution < 1.29 is 14.3 Å². The Morgan fingerprint density at radius 1 is 1.30 bits per heavy atom. The van der Waals surface area contributed by atoms with Crippen LogP contribution in [-0.4, -0.2) is 43.1 Å². The van der Waals surface area contributed by atoms with E-state index in [1.54, 1.807) is 30.2 Å². The van der Waals surface area contributed by atoms with Crippen molar-refractivity contribution in [1.29, 1.82) is 0 Å². The van der Waals surface area contributed by atoms with Gasteiger partial charge in [-0.1, -0.05) is 19.1 Å². The Morgan fingerprint density at radius 3 is 2.45 bits per heavy atom. The van der Waals surface area contributed by atoms with Crippen LogP contribution in [0.15, 0.2) is 18.2 Å². The average molecular weight is 296 g/mol. The molecule has 20 heavy (non-hydrogen) atoms. The Balaban J connectivity index is 3.01. The maximum absolute atomic E-state index is 12.5. The van der Waals surface area contributed by atoms with Crippen molar-refractivity contribution in [3.63, 3.8) is 0 Å². The molecule has 0 spiro atoms. The number of hydrogen-bond acceptors (Lipinski definition) is 4. The maximum Gasteiger partial charge on any atom is 0.254 e. The number of carbonyl (C=O) groups excluding carboxylic acids is 1. The zero-order chi connectivity index (χ0) is 15.1. The first-order chi connectivity index (χ1) is 9.53. The van der Waals surface area contributed by atoms with Crippen molar-refractivity contribution >= 4 is 23.1 Å². The number of nitrogens with two attached hydrogens (primary N) is 1. The minimum atomic E-state index is -0.124. The molecule has 1 rings (SSSR count). The molecule has 0 aromatic heterocycles. The quantitative estimate of drug-likeness (QED) is 0.778. The molecular formula is C14H20N2O3S. The molecule has 5 nitrogen and oxygen atoms in total. The summed E-state index contributed by atoms with van der Waals surface area (Å²) in [4.78, 5) is 14.4. The lowest BCUT2D eigenvalue weighted by Gasteiger charge is -2.22. The molecule has 1 aromatic rings. The van der Waals surface area contributed by atoms with Gasteiger partial charge in [-0.05, 0) is 24.6 Å². The van der Waals surface area contributed by atoms with Crippen LogP contribution >= 0.6 is 12.2 Å². The van der Waals surface area contributed by atoms with Gasteiger partial charge < -0.3 is 20.1 Å². The third-order valence-corrected chi connectivity index (χ3v) is 2.89. The molecule has 0 radical (unpaired) electrons. The number of amides is 1. The van der Waals surface area contributed by atoms with Crippen LogP contribution in [0, 0.1) is 0 Å². The fraction of sp³-hybridized carbons (Fsp3) is 0.429. The lowest BCUT2D eigenvalue weighted by atomic mass is 10.1. The van der Waals surface area contributed by atoms with Gasteiger partial charge in [0.15, 0.2) is 11.5 Å². The van der Waals surface area contributed by atoms with Gasteiger partial charge in [0.1, 0.15) is 0 Å². The highest BCUT2D eigenvalue weighted by molar-refractivity contribution is 7.80. The average Bonchev–Trinajstić information content (AvgIpc) is 2.44. The highest BCUT2D eigenvalue weighted by Gasteiger charge is 2.17. The van der Waals surface area contributed by atoms with Crippen LogP contribution in [0.4, 0.5) is 0 Å². The summed E-state index contributed by atoms with van der Waals surface area (Å²) in [7, 11) is 3.08. The number of methoxy groups -OCH3 is 2. The molecule has 6 heteroatoms. The standard InChI is InChI=1S/C14H20N2O3S/c1-4-7-16(9-13(15)20)14(17)10-5-6-11(18-2)12(8-10)19-3/h5-6,8H,4,7,9H2,1-3H3,(H2,15,20). The first kappa shape index (κ1) is 16.2. The largest absolute Gasteiger partial charge is 0.493 e. The van der Waals surface area contributed by atoms with Crippen molar-refractivity contribution in [2.24, 2.45) is 5.73 Å². The molecule has 0 aliphatic heterocycles. The van der Waals surface area contributed by atoms with Gasteiger partial charge in [-0.25, -0.2) is 0 Å². The van der Waals surface area contributed by atoms with E-state index in [1.807, 2.05) is 6.92 Å². The lowest BCUT2D eigenvalue weighted by molar-refractivity contribution is 0.0779. The molecule has 0 fully saturated rings. The highest BCUT2D eigenvalue weighted by Crippen LogP contribution is 2.28. The number of ether oxygens (including phenoxy) is 2. The molecular weight excluding hydrogens is 276 g/mol. The first-order valence-corrected chi connectivity index (χ1v) is 6.73. The molecule has 1 amide bonds. The third kappa shape index (κ3) is 4.09. The molecule has 0 atom stereocenters. The van der Waals surface area contributed by atoms with Crippen LogP contribution in [0.25, 0.3) is 0 Å². The Labute approximate surface area is 124 Å². The Kier molecular flexibility index (Phi) is 6.24. The zero-order valence-corrected chi connectivity index (χ0v) is 12.8. The van der Waals surface area contributed by atoms with Crippen LogP contribution in [0.5, 0.6) is 11.5 Å². The first-order valence-electron chi connectivity index (χ1n) is 6.33. The van der Waals surface area contributed by atoms with Crippen molar-refractivity contribution in [3.05, 3.63) is 23.8 Å². The Bertz CT molecular complexity index is 491. The number of thiocarbonyl (C=S) groups is 1. The summed E-state index contributed by atoms with van der Waals surface area (Å²) in [6, 6.07) is 5.06. The summed E-state index contributed by atoms with van der Waals surface area (Å²) in [6.45, 7) is 2.87. The van der Waals surface area contributed by atoms with Crippen LogP contribution in [0.2, 0.25) is 0 Å². The molecule has 0 unspecified atom stereocenters. The van der Waals surface area contributed by atoms with Crippen LogP contribution < -0.4 is 15.2 Å². The normalized spacial score (nSPS) is 9.95. The summed E-state index contributed by atoms with van der Waals surface area (Å²) in [5, 5.41) is 0. The topological polar surface area (TPSA) is 64.8 Å². The second-order valence-electron chi connectivity index (χ2n) is 4.26. The number of hydrogen-bond donors (Lipinski definition) is 1. The van der Waals surface area contributed by atoms with Gasteiger partial charge in [-0.3, -0.25) is 4.79 Å². The van der Waals surface area contributed by atoms with Crippen LogP contribution in [-0.2, 0) is 0 Å². The predicted molar refractivity (Wildman–Crippen MR) is 82.5 cm³/mol. The molecule has 0 saturated heterocycles. The lowest BCUT2D eigenvalue weighted by Crippen LogP contribution is -2.38. The molecule has 0 bridgehead atoms. The summed E-state index contributed by atoms with van der Waals surface area (Å²) < 4.78 is 10.4. The number of carbonyl (C=O) groups is 1. The van der Waals surface area contributed by atoms with Gasteiger partial charge in [-0.2, -0.15) is 0 Å². The fourth-order valence-electron chi connectivity index (χ4n) is 1.86. The number of benzene rings is 1. The van der Waals surface area contributed by atoms with Crippen molar-refractivity contribution in [3.8, 4) is 11.5 Å². The van der Waals surface area contributed by atoms with E-state index in [-0.39, 0.29) is 12.5 Å². The molecule has 0 aliphatic rings. The molecule has 1 aromatic carbocycles. The summed E-state index contributed by atoms with van der Waals surface area (Å²) >= 11 is 4.88. The highest BCUT2D eigenvalue weighted by atomic mass is 32.1. The summed E-state index contributed by atoms with van der Waals surface area (Å²) in [6.07, 6.45) is 0.835. The van der Waals surface area contributed by atoms with Gasteiger partial charge in [0.2, 0.25) is 0 Å². The van der Waals surface area contributed by atoms with E-state index in [9.17, 15) is 4.79 Å². The van der Waals surface area contributed by atoms with E-state index in [0.717, 1.165) is 6.42 Å². The molecule has 2 N–H and O–H groups in total. The van der Waals surface area contributed by atoms with Gasteiger partial charge in [0.25, 0.3) is 5.91 Å². The van der Waals surface area contributed by atoms with Gasteiger partial charge >= 0.3 is 0 Å². The van der Waals surface area contributed by atoms with Gasteiger partial charge in [0.05, 0.1) is 25.8 Å². The second-order valence-corrected chi connectivity index (χ2v) is 4.79. The smallest absolute Gasteiger partial charge is 0.254 e. The number of nitrogens with zero attached hydrogens (tertiary/aromatic N) is 1. The minimum Gasteiger partial charge on any atom is -0.493 e. The van der Waals surface area contributed by atoms with Crippen LogP contribution in [0.3, 0.4) is 0 Å². The third-order valence-electron chi connectivity index (χ3n) is 2.76. The van der Waals surface area contributed by atoms with E-state index in [0.29, 0.717) is 28.6 Å². The van der Waals surface area contributed by atoms with E-state index >= 15 is 0 Å². The van der Waals surface area contributed by atoms with Crippen molar-refractivity contribution in [2.75, 3.05) is 27.3 Å². The predicted octanol–water partition coefficient (Wildman–Crippen LogP) is 1.84. The van der Waals surface area contributed by atoms with Gasteiger partial charge in [0, 0.05) is 12.1 Å². The maximum atomic E-state index is 12.5. The van der Waals surface area contributed by atoms with E-state index in [2.05, 4.69) is 0 Å². The summed E-state index contributed by atoms with van der Waals surface area (Å²) in [5.41, 5.74) is 6.05. The Hall–Kier alpha value is -1.82. The minimum absolute atomic E-state index is 0.124. The zero-order valence-electron chi connectivity index (χ0n) is 12.0. The molecule has 0 aliphatic carbocycles.